The minimum atomic E-state index is -0.0769. The summed E-state index contributed by atoms with van der Waals surface area (Å²) in [5, 5.41) is 7.15. The molecule has 122 valence electrons. The number of likely N-dealkylation sites (tertiary alicyclic amines) is 1. The Kier molecular flexibility index (Phi) is 4.88. The Hall–Kier alpha value is -1.99. The first kappa shape index (κ1) is 15.9. The van der Waals surface area contributed by atoms with Crippen LogP contribution in [-0.4, -0.2) is 45.6 Å². The van der Waals surface area contributed by atoms with Gasteiger partial charge in [0.1, 0.15) is 5.82 Å². The molecule has 1 N–H and O–H groups in total. The number of halogens is 1. The summed E-state index contributed by atoms with van der Waals surface area (Å²) in [6, 6.07) is 3.38. The molecule has 2 aromatic heterocycles. The summed E-state index contributed by atoms with van der Waals surface area (Å²) in [6.07, 6.45) is 3.33. The number of nitrogens with zero attached hydrogens (tertiary/aromatic N) is 4. The predicted molar refractivity (Wildman–Crippen MR) is 85.3 cm³/mol. The van der Waals surface area contributed by atoms with E-state index in [4.69, 9.17) is 16.1 Å². The SMILES string of the molecule is Cc1noc(C2CCN(CC(=O)Nc3ccc(Cl)cn3)CC2)n1. The van der Waals surface area contributed by atoms with Crippen LogP contribution >= 0.6 is 11.6 Å². The number of aryl methyl sites for hydroxylation is 1. The number of hydrogen-bond acceptors (Lipinski definition) is 6. The fraction of sp³-hybridized carbons (Fsp3) is 0.467. The van der Waals surface area contributed by atoms with Gasteiger partial charge in [0.2, 0.25) is 11.8 Å². The highest BCUT2D eigenvalue weighted by molar-refractivity contribution is 6.30. The van der Waals surface area contributed by atoms with Gasteiger partial charge in [-0.1, -0.05) is 16.8 Å². The van der Waals surface area contributed by atoms with Crippen LogP contribution in [0.5, 0.6) is 0 Å². The van der Waals surface area contributed by atoms with Crippen molar-refractivity contribution in [3.8, 4) is 0 Å². The molecule has 0 bridgehead atoms. The number of piperidine rings is 1. The minimum absolute atomic E-state index is 0.0769. The van der Waals surface area contributed by atoms with Crippen molar-refractivity contribution in [2.75, 3.05) is 25.0 Å². The van der Waals surface area contributed by atoms with Crippen LogP contribution in [0.2, 0.25) is 5.02 Å². The van der Waals surface area contributed by atoms with Gasteiger partial charge in [-0.25, -0.2) is 4.98 Å². The Labute approximate surface area is 139 Å². The maximum atomic E-state index is 12.1. The zero-order valence-corrected chi connectivity index (χ0v) is 13.6. The lowest BCUT2D eigenvalue weighted by molar-refractivity contribution is -0.117. The van der Waals surface area contributed by atoms with Gasteiger partial charge in [-0.15, -0.1) is 0 Å². The highest BCUT2D eigenvalue weighted by Crippen LogP contribution is 2.26. The second-order valence-corrected chi connectivity index (χ2v) is 6.08. The van der Waals surface area contributed by atoms with Crippen molar-refractivity contribution in [3.63, 3.8) is 0 Å². The first-order valence-corrected chi connectivity index (χ1v) is 7.92. The first-order chi connectivity index (χ1) is 11.1. The van der Waals surface area contributed by atoms with E-state index in [1.165, 1.54) is 6.20 Å². The van der Waals surface area contributed by atoms with Gasteiger partial charge in [-0.05, 0) is 45.0 Å². The molecule has 23 heavy (non-hydrogen) atoms. The van der Waals surface area contributed by atoms with Gasteiger partial charge < -0.3 is 9.84 Å². The predicted octanol–water partition coefficient (Wildman–Crippen LogP) is 2.24. The fourth-order valence-corrected chi connectivity index (χ4v) is 2.76. The Balaban J connectivity index is 1.46. The minimum Gasteiger partial charge on any atom is -0.339 e. The number of nitrogens with one attached hydrogen (secondary N) is 1. The molecule has 0 radical (unpaired) electrons. The van der Waals surface area contributed by atoms with Crippen LogP contribution in [0.15, 0.2) is 22.9 Å². The first-order valence-electron chi connectivity index (χ1n) is 7.54. The highest BCUT2D eigenvalue weighted by Gasteiger charge is 2.25. The van der Waals surface area contributed by atoms with Gasteiger partial charge >= 0.3 is 0 Å². The van der Waals surface area contributed by atoms with E-state index in [9.17, 15) is 4.79 Å². The summed E-state index contributed by atoms with van der Waals surface area (Å²) in [5.41, 5.74) is 0. The van der Waals surface area contributed by atoms with Crippen LogP contribution in [0.1, 0.15) is 30.5 Å². The molecule has 0 spiro atoms. The Morgan fingerprint density at radius 2 is 2.22 bits per heavy atom. The number of anilines is 1. The molecule has 3 heterocycles. The Morgan fingerprint density at radius 1 is 1.43 bits per heavy atom. The molecule has 1 aliphatic heterocycles. The third kappa shape index (κ3) is 4.27. The molecule has 0 unspecified atom stereocenters. The quantitative estimate of drug-likeness (QED) is 0.922. The average Bonchev–Trinajstić information content (AvgIpc) is 2.97. The number of carbonyl (C=O) groups is 1. The number of rotatable bonds is 4. The number of aromatic nitrogens is 3. The van der Waals surface area contributed by atoms with Crippen LogP contribution in [0, 0.1) is 6.92 Å². The molecule has 1 fully saturated rings. The summed E-state index contributed by atoms with van der Waals surface area (Å²) in [7, 11) is 0. The number of hydrogen-bond donors (Lipinski definition) is 1. The van der Waals surface area contributed by atoms with E-state index >= 15 is 0 Å². The van der Waals surface area contributed by atoms with Crippen molar-refractivity contribution in [1.29, 1.82) is 0 Å². The largest absolute Gasteiger partial charge is 0.339 e. The van der Waals surface area contributed by atoms with Crippen molar-refractivity contribution < 1.29 is 9.32 Å². The molecule has 0 aromatic carbocycles. The van der Waals surface area contributed by atoms with Crippen LogP contribution in [0.25, 0.3) is 0 Å². The molecule has 1 aliphatic rings. The molecule has 1 amide bonds. The van der Waals surface area contributed by atoms with Crippen LogP contribution < -0.4 is 5.32 Å². The zero-order valence-electron chi connectivity index (χ0n) is 12.8. The van der Waals surface area contributed by atoms with Crippen LogP contribution in [-0.2, 0) is 4.79 Å². The van der Waals surface area contributed by atoms with E-state index in [0.29, 0.717) is 29.1 Å². The molecule has 8 heteroatoms. The van der Waals surface area contributed by atoms with E-state index in [0.717, 1.165) is 25.9 Å². The third-order valence-electron chi connectivity index (χ3n) is 3.84. The van der Waals surface area contributed by atoms with Crippen molar-refractivity contribution in [2.24, 2.45) is 0 Å². The fourth-order valence-electron chi connectivity index (χ4n) is 2.65. The number of carbonyl (C=O) groups excluding carboxylic acids is 1. The molecule has 2 aromatic rings. The molecule has 3 rings (SSSR count). The second-order valence-electron chi connectivity index (χ2n) is 5.64. The van der Waals surface area contributed by atoms with Crippen molar-refractivity contribution in [2.45, 2.75) is 25.7 Å². The number of pyridine rings is 1. The monoisotopic (exact) mass is 335 g/mol. The normalized spacial score (nSPS) is 16.4. The summed E-state index contributed by atoms with van der Waals surface area (Å²) >= 11 is 5.77. The second kappa shape index (κ2) is 7.06. The molecular weight excluding hydrogens is 318 g/mol. The van der Waals surface area contributed by atoms with Crippen molar-refractivity contribution in [3.05, 3.63) is 35.1 Å². The van der Waals surface area contributed by atoms with Crippen LogP contribution in [0.3, 0.4) is 0 Å². The molecule has 7 nitrogen and oxygen atoms in total. The molecular formula is C15H18ClN5O2. The van der Waals surface area contributed by atoms with Crippen LogP contribution in [0.4, 0.5) is 5.82 Å². The van der Waals surface area contributed by atoms with Crippen molar-refractivity contribution in [1.82, 2.24) is 20.0 Å². The Bertz CT molecular complexity index is 665. The lowest BCUT2D eigenvalue weighted by Crippen LogP contribution is -2.38. The maximum Gasteiger partial charge on any atom is 0.239 e. The smallest absolute Gasteiger partial charge is 0.239 e. The lowest BCUT2D eigenvalue weighted by Gasteiger charge is -2.29. The summed E-state index contributed by atoms with van der Waals surface area (Å²) in [5.74, 6) is 2.09. The van der Waals surface area contributed by atoms with E-state index in [1.807, 2.05) is 6.92 Å². The van der Waals surface area contributed by atoms with Gasteiger partial charge in [0.25, 0.3) is 0 Å². The zero-order chi connectivity index (χ0) is 16.2. The summed E-state index contributed by atoms with van der Waals surface area (Å²) < 4.78 is 5.23. The van der Waals surface area contributed by atoms with E-state index in [2.05, 4.69) is 25.3 Å². The third-order valence-corrected chi connectivity index (χ3v) is 4.07. The van der Waals surface area contributed by atoms with E-state index in [1.54, 1.807) is 12.1 Å². The van der Waals surface area contributed by atoms with E-state index < -0.39 is 0 Å². The Morgan fingerprint density at radius 3 is 2.83 bits per heavy atom. The molecule has 0 saturated carbocycles. The summed E-state index contributed by atoms with van der Waals surface area (Å²) in [4.78, 5) is 22.5. The standard InChI is InChI=1S/C15H18ClN5O2/c1-10-18-15(23-20-10)11-4-6-21(7-5-11)9-14(22)19-13-3-2-12(16)8-17-13/h2-3,8,11H,4-7,9H2,1H3,(H,17,19,22). The van der Waals surface area contributed by atoms with Gasteiger partial charge in [-0.3, -0.25) is 9.69 Å². The maximum absolute atomic E-state index is 12.1. The lowest BCUT2D eigenvalue weighted by atomic mass is 9.97. The summed E-state index contributed by atoms with van der Waals surface area (Å²) in [6.45, 7) is 3.82. The highest BCUT2D eigenvalue weighted by atomic mass is 35.5. The molecule has 1 saturated heterocycles. The van der Waals surface area contributed by atoms with Gasteiger partial charge in [0, 0.05) is 12.1 Å². The topological polar surface area (TPSA) is 84.2 Å². The van der Waals surface area contributed by atoms with E-state index in [-0.39, 0.29) is 11.8 Å². The van der Waals surface area contributed by atoms with Gasteiger partial charge in [-0.2, -0.15) is 4.98 Å². The van der Waals surface area contributed by atoms with Crippen molar-refractivity contribution >= 4 is 23.3 Å². The number of amides is 1. The van der Waals surface area contributed by atoms with Gasteiger partial charge in [0.15, 0.2) is 5.82 Å². The van der Waals surface area contributed by atoms with Gasteiger partial charge in [0.05, 0.1) is 11.6 Å². The average molecular weight is 336 g/mol. The molecule has 0 aliphatic carbocycles. The molecule has 0 atom stereocenters.